The van der Waals surface area contributed by atoms with Crippen LogP contribution in [0.4, 0.5) is 0 Å². The number of rotatable bonds is 3. The molecule has 3 aliphatic rings. The molecule has 8 nitrogen and oxygen atoms in total. The van der Waals surface area contributed by atoms with E-state index in [1.54, 1.807) is 18.2 Å². The van der Waals surface area contributed by atoms with Gasteiger partial charge >= 0.3 is 0 Å². The predicted octanol–water partition coefficient (Wildman–Crippen LogP) is 4.48. The average molecular weight is 449 g/mol. The topological polar surface area (TPSA) is 132 Å². The minimum absolute atomic E-state index is 0.0469. The minimum atomic E-state index is -2.02. The second-order valence-electron chi connectivity index (χ2n) is 10.2. The number of nitrogens with one attached hydrogen (secondary N) is 1. The van der Waals surface area contributed by atoms with Gasteiger partial charge in [0, 0.05) is 12.0 Å². The van der Waals surface area contributed by atoms with Gasteiger partial charge in [-0.1, -0.05) is 20.8 Å². The normalized spacial score (nSPS) is 34.1. The van der Waals surface area contributed by atoms with E-state index in [-0.39, 0.29) is 17.2 Å². The minimum Gasteiger partial charge on any atom is -0.497 e. The number of hydrogen-bond donors (Lipinski definition) is 1. The summed E-state index contributed by atoms with van der Waals surface area (Å²) < 4.78 is 23.5. The fourth-order valence-electron chi connectivity index (χ4n) is 5.95. The lowest BCUT2D eigenvalue weighted by Crippen LogP contribution is -2.61. The molecule has 1 aromatic rings. The zero-order valence-electron chi connectivity index (χ0n) is 19.6. The standard InChI is InChI=1S/C25H28N4O4/c1-22(2,3)15-8-9-25-19(10-15)24(14-28,21(29)33-25)23(12-26,13-27)20(32-25)17-11-16(30-4)6-7-18(17)31-5/h6-7,11,15,19-20,29H,8-10H2,1-5H3. The van der Waals surface area contributed by atoms with Crippen molar-refractivity contribution < 1.29 is 18.9 Å². The van der Waals surface area contributed by atoms with Crippen molar-refractivity contribution in [3.8, 4) is 29.7 Å². The molecule has 8 heteroatoms. The van der Waals surface area contributed by atoms with E-state index in [2.05, 4.69) is 39.0 Å². The van der Waals surface area contributed by atoms with Crippen LogP contribution in [-0.4, -0.2) is 25.9 Å². The van der Waals surface area contributed by atoms with Crippen LogP contribution >= 0.6 is 0 Å². The van der Waals surface area contributed by atoms with Gasteiger partial charge in [-0.2, -0.15) is 15.8 Å². The summed E-state index contributed by atoms with van der Waals surface area (Å²) in [6.45, 7) is 6.41. The Hall–Kier alpha value is -3.28. The Labute approximate surface area is 194 Å². The molecule has 2 heterocycles. The van der Waals surface area contributed by atoms with Crippen LogP contribution < -0.4 is 9.47 Å². The van der Waals surface area contributed by atoms with Crippen molar-refractivity contribution in [2.45, 2.75) is 51.9 Å². The summed E-state index contributed by atoms with van der Waals surface area (Å²) >= 11 is 0. The van der Waals surface area contributed by atoms with Crippen molar-refractivity contribution >= 4 is 5.90 Å². The van der Waals surface area contributed by atoms with Gasteiger partial charge in [-0.15, -0.1) is 0 Å². The Morgan fingerprint density at radius 2 is 1.79 bits per heavy atom. The lowest BCUT2D eigenvalue weighted by molar-refractivity contribution is -0.301. The molecular weight excluding hydrogens is 420 g/mol. The predicted molar refractivity (Wildman–Crippen MR) is 117 cm³/mol. The number of nitrogens with zero attached hydrogens (tertiary/aromatic N) is 3. The number of ether oxygens (including phenoxy) is 4. The highest BCUT2D eigenvalue weighted by atomic mass is 16.7. The highest BCUT2D eigenvalue weighted by Gasteiger charge is 2.81. The average Bonchev–Trinajstić information content (AvgIpc) is 3.01. The van der Waals surface area contributed by atoms with Gasteiger partial charge in [-0.05, 0) is 42.4 Å². The SMILES string of the molecule is COc1ccc(OC)c(C2OC34CCC(C(C)(C)C)CC3C(C#N)(C(=N)O4)C2(C#N)C#N)c1. The molecule has 3 fully saturated rings. The zero-order chi connectivity index (χ0) is 24.2. The molecule has 2 aliphatic heterocycles. The summed E-state index contributed by atoms with van der Waals surface area (Å²) in [5.41, 5.74) is -3.44. The van der Waals surface area contributed by atoms with E-state index in [1.165, 1.54) is 14.2 Å². The van der Waals surface area contributed by atoms with Crippen LogP contribution in [-0.2, 0) is 9.47 Å². The monoisotopic (exact) mass is 448 g/mol. The van der Waals surface area contributed by atoms with Crippen molar-refractivity contribution in [3.63, 3.8) is 0 Å². The van der Waals surface area contributed by atoms with E-state index in [9.17, 15) is 15.8 Å². The maximum atomic E-state index is 10.6. The van der Waals surface area contributed by atoms with Gasteiger partial charge < -0.3 is 18.9 Å². The maximum absolute atomic E-state index is 10.6. The van der Waals surface area contributed by atoms with Crippen LogP contribution in [0, 0.1) is 67.5 Å². The highest BCUT2D eigenvalue weighted by molar-refractivity contribution is 5.89. The third kappa shape index (κ3) is 2.79. The van der Waals surface area contributed by atoms with E-state index in [0.717, 1.165) is 6.42 Å². The van der Waals surface area contributed by atoms with E-state index in [1.807, 2.05) is 0 Å². The smallest absolute Gasteiger partial charge is 0.217 e. The molecule has 2 saturated heterocycles. The van der Waals surface area contributed by atoms with E-state index >= 15 is 0 Å². The Balaban J connectivity index is 1.98. The number of benzene rings is 1. The number of nitriles is 3. The molecule has 0 spiro atoms. The summed E-state index contributed by atoms with van der Waals surface area (Å²) in [6, 6.07) is 11.5. The highest BCUT2D eigenvalue weighted by Crippen LogP contribution is 2.71. The lowest BCUT2D eigenvalue weighted by Gasteiger charge is -2.54. The van der Waals surface area contributed by atoms with E-state index in [4.69, 9.17) is 24.4 Å². The summed E-state index contributed by atoms with van der Waals surface area (Å²) in [6.07, 6.45) is 0.582. The molecule has 1 N–H and O–H groups in total. The van der Waals surface area contributed by atoms with Crippen LogP contribution in [0.5, 0.6) is 11.5 Å². The summed E-state index contributed by atoms with van der Waals surface area (Å²) in [4.78, 5) is 0. The molecule has 0 aromatic heterocycles. The molecule has 1 saturated carbocycles. The first-order valence-electron chi connectivity index (χ1n) is 11.0. The van der Waals surface area contributed by atoms with Crippen LogP contribution in [0.2, 0.25) is 0 Å². The Bertz CT molecular complexity index is 1110. The van der Waals surface area contributed by atoms with Gasteiger partial charge in [0.2, 0.25) is 17.1 Å². The Morgan fingerprint density at radius 1 is 1.09 bits per heavy atom. The van der Waals surface area contributed by atoms with E-state index < -0.39 is 28.6 Å². The van der Waals surface area contributed by atoms with Crippen molar-refractivity contribution in [2.75, 3.05) is 14.2 Å². The first kappa shape index (κ1) is 22.9. The van der Waals surface area contributed by atoms with Crippen LogP contribution in [0.15, 0.2) is 18.2 Å². The summed E-state index contributed by atoms with van der Waals surface area (Å²) in [5.74, 6) is -1.13. The fourth-order valence-corrected chi connectivity index (χ4v) is 5.95. The van der Waals surface area contributed by atoms with Crippen molar-refractivity contribution in [2.24, 2.45) is 28.1 Å². The Morgan fingerprint density at radius 3 is 2.33 bits per heavy atom. The molecule has 0 radical (unpaired) electrons. The largest absolute Gasteiger partial charge is 0.497 e. The van der Waals surface area contributed by atoms with Crippen LogP contribution in [0.25, 0.3) is 0 Å². The molecule has 1 aromatic carbocycles. The second kappa shape index (κ2) is 7.37. The van der Waals surface area contributed by atoms with Gasteiger partial charge in [0.15, 0.2) is 5.41 Å². The van der Waals surface area contributed by atoms with Crippen molar-refractivity contribution in [1.82, 2.24) is 0 Å². The third-order valence-electron chi connectivity index (χ3n) is 7.85. The quantitative estimate of drug-likeness (QED) is 0.720. The van der Waals surface area contributed by atoms with Crippen molar-refractivity contribution in [3.05, 3.63) is 23.8 Å². The number of hydrogen-bond acceptors (Lipinski definition) is 8. The van der Waals surface area contributed by atoms with Gasteiger partial charge in [-0.25, -0.2) is 0 Å². The molecule has 172 valence electrons. The van der Waals surface area contributed by atoms with Gasteiger partial charge in [-0.3, -0.25) is 5.41 Å². The Kier molecular flexibility index (Phi) is 5.11. The van der Waals surface area contributed by atoms with E-state index in [0.29, 0.717) is 29.9 Å². The fraction of sp³-hybridized carbons (Fsp3) is 0.600. The van der Waals surface area contributed by atoms with Gasteiger partial charge in [0.25, 0.3) is 0 Å². The third-order valence-corrected chi connectivity index (χ3v) is 7.85. The maximum Gasteiger partial charge on any atom is 0.217 e. The zero-order valence-corrected chi connectivity index (χ0v) is 19.6. The van der Waals surface area contributed by atoms with Crippen molar-refractivity contribution in [1.29, 1.82) is 21.2 Å². The van der Waals surface area contributed by atoms with Gasteiger partial charge in [0.1, 0.15) is 17.6 Å². The van der Waals surface area contributed by atoms with Crippen LogP contribution in [0.3, 0.4) is 0 Å². The molecule has 2 bridgehead atoms. The number of methoxy groups -OCH3 is 2. The first-order valence-corrected chi connectivity index (χ1v) is 11.0. The first-order chi connectivity index (χ1) is 15.6. The summed E-state index contributed by atoms with van der Waals surface area (Å²) in [7, 11) is 2.99. The molecular formula is C25H28N4O4. The second-order valence-corrected chi connectivity index (χ2v) is 10.2. The van der Waals surface area contributed by atoms with Crippen LogP contribution in [0.1, 0.15) is 51.7 Å². The molecule has 0 amide bonds. The summed E-state index contributed by atoms with van der Waals surface area (Å²) in [5, 5.41) is 40.3. The molecule has 5 unspecified atom stereocenters. The molecule has 4 rings (SSSR count). The molecule has 33 heavy (non-hydrogen) atoms. The van der Waals surface area contributed by atoms with Gasteiger partial charge in [0.05, 0.1) is 38.3 Å². The molecule has 1 aliphatic carbocycles. The molecule has 5 atom stereocenters. The lowest BCUT2D eigenvalue weighted by atomic mass is 9.49.